The minimum atomic E-state index is -0.231. The van der Waals surface area contributed by atoms with Gasteiger partial charge < -0.3 is 9.64 Å². The second-order valence-electron chi connectivity index (χ2n) is 7.49. The first-order chi connectivity index (χ1) is 14.6. The molecule has 2 atom stereocenters. The van der Waals surface area contributed by atoms with Gasteiger partial charge in [-0.3, -0.25) is 9.59 Å². The van der Waals surface area contributed by atoms with E-state index in [4.69, 9.17) is 16.3 Å². The number of ether oxygens (including phenoxy) is 1. The predicted octanol–water partition coefficient (Wildman–Crippen LogP) is 5.09. The molecule has 1 aliphatic rings. The number of hydrogen-bond acceptors (Lipinski definition) is 4. The van der Waals surface area contributed by atoms with Gasteiger partial charge in [-0.1, -0.05) is 48.0 Å². The van der Waals surface area contributed by atoms with Gasteiger partial charge in [0.25, 0.3) is 0 Å². The molecule has 0 aromatic heterocycles. The number of carbonyl (C=O) groups is 2. The van der Waals surface area contributed by atoms with E-state index in [0.717, 1.165) is 23.3 Å². The van der Waals surface area contributed by atoms with Gasteiger partial charge in [-0.2, -0.15) is 0 Å². The number of thioether (sulfide) groups is 1. The van der Waals surface area contributed by atoms with E-state index in [1.165, 1.54) is 0 Å². The van der Waals surface area contributed by atoms with Crippen LogP contribution in [0.15, 0.2) is 59.5 Å². The second kappa shape index (κ2) is 11.4. The number of hydrogen-bond donors (Lipinski definition) is 0. The van der Waals surface area contributed by atoms with Crippen molar-refractivity contribution in [1.82, 2.24) is 4.90 Å². The van der Waals surface area contributed by atoms with Crippen LogP contribution in [-0.4, -0.2) is 42.2 Å². The quantitative estimate of drug-likeness (QED) is 0.419. The van der Waals surface area contributed by atoms with Gasteiger partial charge in [-0.15, -0.1) is 11.8 Å². The van der Waals surface area contributed by atoms with Crippen LogP contribution in [0.3, 0.4) is 0 Å². The Morgan fingerprint density at radius 1 is 1.17 bits per heavy atom. The van der Waals surface area contributed by atoms with Gasteiger partial charge in [0.1, 0.15) is 0 Å². The average molecular weight is 446 g/mol. The van der Waals surface area contributed by atoms with Crippen molar-refractivity contribution in [3.63, 3.8) is 0 Å². The summed E-state index contributed by atoms with van der Waals surface area (Å²) in [6.07, 6.45) is 2.18. The van der Waals surface area contributed by atoms with Crippen LogP contribution in [0.1, 0.15) is 25.3 Å². The van der Waals surface area contributed by atoms with Crippen molar-refractivity contribution < 1.29 is 14.3 Å². The minimum Gasteiger partial charge on any atom is -0.466 e. The van der Waals surface area contributed by atoms with Gasteiger partial charge in [0, 0.05) is 28.8 Å². The third-order valence-corrected chi connectivity index (χ3v) is 6.86. The highest BCUT2D eigenvalue weighted by molar-refractivity contribution is 7.99. The summed E-state index contributed by atoms with van der Waals surface area (Å²) in [6, 6.07) is 17.8. The maximum Gasteiger partial charge on any atom is 0.310 e. The van der Waals surface area contributed by atoms with Crippen LogP contribution in [0.25, 0.3) is 0 Å². The van der Waals surface area contributed by atoms with Gasteiger partial charge in [0.2, 0.25) is 5.91 Å². The van der Waals surface area contributed by atoms with Gasteiger partial charge in [-0.05, 0) is 49.9 Å². The Morgan fingerprint density at radius 3 is 2.63 bits per heavy atom. The normalized spacial score (nSPS) is 17.4. The summed E-state index contributed by atoms with van der Waals surface area (Å²) in [5.74, 6) is 0.111. The highest BCUT2D eigenvalue weighted by Crippen LogP contribution is 2.28. The van der Waals surface area contributed by atoms with Crippen LogP contribution in [0.5, 0.6) is 0 Å². The van der Waals surface area contributed by atoms with Crippen LogP contribution in [-0.2, 0) is 20.7 Å². The van der Waals surface area contributed by atoms with Crippen LogP contribution in [0, 0.1) is 11.8 Å². The molecular formula is C24H28ClNO3S. The zero-order chi connectivity index (χ0) is 21.3. The minimum absolute atomic E-state index is 0.0901. The molecule has 1 heterocycles. The van der Waals surface area contributed by atoms with Crippen molar-refractivity contribution in [1.29, 1.82) is 0 Å². The first-order valence-electron chi connectivity index (χ1n) is 10.4. The maximum absolute atomic E-state index is 13.5. The van der Waals surface area contributed by atoms with E-state index in [1.807, 2.05) is 54.3 Å². The lowest BCUT2D eigenvalue weighted by atomic mass is 9.94. The summed E-state index contributed by atoms with van der Waals surface area (Å²) in [5.41, 5.74) is 0.977. The van der Waals surface area contributed by atoms with Gasteiger partial charge >= 0.3 is 5.97 Å². The molecule has 1 aliphatic heterocycles. The highest BCUT2D eigenvalue weighted by atomic mass is 35.5. The number of nitrogens with zero attached hydrogens (tertiary/aromatic N) is 1. The Hall–Kier alpha value is -1.98. The molecule has 30 heavy (non-hydrogen) atoms. The van der Waals surface area contributed by atoms with E-state index in [1.54, 1.807) is 11.8 Å². The molecule has 1 saturated heterocycles. The van der Waals surface area contributed by atoms with E-state index < -0.39 is 0 Å². The molecule has 0 N–H and O–H groups in total. The number of rotatable bonds is 8. The average Bonchev–Trinajstić information content (AvgIpc) is 2.78. The Balaban J connectivity index is 1.73. The number of amides is 1. The molecular weight excluding hydrogens is 418 g/mol. The highest BCUT2D eigenvalue weighted by Gasteiger charge is 2.32. The second-order valence-corrected chi connectivity index (χ2v) is 8.99. The summed E-state index contributed by atoms with van der Waals surface area (Å²) in [7, 11) is 0. The molecule has 0 radical (unpaired) electrons. The Kier molecular flexibility index (Phi) is 8.64. The first kappa shape index (κ1) is 22.7. The number of benzene rings is 2. The summed E-state index contributed by atoms with van der Waals surface area (Å²) in [4.78, 5) is 28.7. The van der Waals surface area contributed by atoms with Crippen molar-refractivity contribution >= 4 is 35.2 Å². The summed E-state index contributed by atoms with van der Waals surface area (Å²) < 4.78 is 5.19. The zero-order valence-corrected chi connectivity index (χ0v) is 18.8. The first-order valence-corrected chi connectivity index (χ1v) is 11.8. The number of likely N-dealkylation sites (tertiary alicyclic amines) is 1. The van der Waals surface area contributed by atoms with E-state index in [-0.39, 0.29) is 23.7 Å². The topological polar surface area (TPSA) is 46.6 Å². The van der Waals surface area contributed by atoms with Gasteiger partial charge in [0.15, 0.2) is 0 Å². The van der Waals surface area contributed by atoms with E-state index in [0.29, 0.717) is 36.9 Å². The SMILES string of the molecule is CCOC(=O)[C@@H]1CCCN(C(=O)C(CSc2ccccc2)Cc2ccccc2Cl)C1. The molecule has 0 bridgehead atoms. The Bertz CT molecular complexity index is 845. The number of carbonyl (C=O) groups excluding carboxylic acids is 2. The number of halogens is 1. The van der Waals surface area contributed by atoms with Crippen LogP contribution < -0.4 is 0 Å². The summed E-state index contributed by atoms with van der Waals surface area (Å²) in [6.45, 7) is 3.30. The molecule has 3 rings (SSSR count). The Labute approximate surface area is 187 Å². The van der Waals surface area contributed by atoms with E-state index in [9.17, 15) is 9.59 Å². The van der Waals surface area contributed by atoms with Crippen LogP contribution >= 0.6 is 23.4 Å². The van der Waals surface area contributed by atoms with Crippen LogP contribution in [0.4, 0.5) is 0 Å². The number of esters is 1. The fraction of sp³-hybridized carbons (Fsp3) is 0.417. The lowest BCUT2D eigenvalue weighted by Gasteiger charge is -2.34. The monoisotopic (exact) mass is 445 g/mol. The van der Waals surface area contributed by atoms with Crippen molar-refractivity contribution in [2.45, 2.75) is 31.1 Å². The maximum atomic E-state index is 13.5. The Morgan fingerprint density at radius 2 is 1.90 bits per heavy atom. The zero-order valence-electron chi connectivity index (χ0n) is 17.3. The molecule has 2 aromatic rings. The summed E-state index contributed by atoms with van der Waals surface area (Å²) >= 11 is 8.06. The molecule has 1 amide bonds. The lowest BCUT2D eigenvalue weighted by molar-refractivity contribution is -0.151. The predicted molar refractivity (Wildman–Crippen MR) is 122 cm³/mol. The molecule has 0 aliphatic carbocycles. The van der Waals surface area contributed by atoms with Gasteiger partial charge in [-0.25, -0.2) is 0 Å². The molecule has 6 heteroatoms. The molecule has 1 fully saturated rings. The van der Waals surface area contributed by atoms with E-state index >= 15 is 0 Å². The standard InChI is InChI=1S/C24H28ClNO3S/c1-2-29-24(28)19-10-8-14-26(16-19)23(27)20(15-18-9-6-7-13-22(18)25)17-30-21-11-4-3-5-12-21/h3-7,9,11-13,19-20H,2,8,10,14-17H2,1H3/t19-,20?/m1/s1. The molecule has 160 valence electrons. The molecule has 2 aromatic carbocycles. The smallest absolute Gasteiger partial charge is 0.310 e. The van der Waals surface area contributed by atoms with Crippen molar-refractivity contribution in [3.8, 4) is 0 Å². The fourth-order valence-corrected chi connectivity index (χ4v) is 4.97. The van der Waals surface area contributed by atoms with Gasteiger partial charge in [0.05, 0.1) is 18.4 Å². The van der Waals surface area contributed by atoms with Crippen molar-refractivity contribution in [3.05, 3.63) is 65.2 Å². The van der Waals surface area contributed by atoms with Crippen LogP contribution in [0.2, 0.25) is 5.02 Å². The summed E-state index contributed by atoms with van der Waals surface area (Å²) in [5, 5.41) is 0.683. The molecule has 0 spiro atoms. The third kappa shape index (κ3) is 6.26. The van der Waals surface area contributed by atoms with Crippen molar-refractivity contribution in [2.75, 3.05) is 25.4 Å². The molecule has 0 saturated carbocycles. The van der Waals surface area contributed by atoms with Crippen molar-refractivity contribution in [2.24, 2.45) is 11.8 Å². The lowest BCUT2D eigenvalue weighted by Crippen LogP contribution is -2.46. The number of piperidine rings is 1. The fourth-order valence-electron chi connectivity index (χ4n) is 3.75. The largest absolute Gasteiger partial charge is 0.466 e. The van der Waals surface area contributed by atoms with E-state index in [2.05, 4.69) is 12.1 Å². The molecule has 4 nitrogen and oxygen atoms in total. The third-order valence-electron chi connectivity index (χ3n) is 5.32. The molecule has 1 unspecified atom stereocenters.